The molecular weight excluding hydrogens is 408 g/mol. The number of aromatic amines is 1. The number of hydrogen-bond acceptors (Lipinski definition) is 6. The van der Waals surface area contributed by atoms with Crippen LogP contribution in [-0.2, 0) is 0 Å². The minimum absolute atomic E-state index is 0.357. The third-order valence-electron chi connectivity index (χ3n) is 4.88. The lowest BCUT2D eigenvalue weighted by molar-refractivity contribution is 0.0955. The summed E-state index contributed by atoms with van der Waals surface area (Å²) in [7, 11) is 4.61. The van der Waals surface area contributed by atoms with E-state index in [1.54, 1.807) is 24.3 Å². The Morgan fingerprint density at radius 3 is 2.34 bits per heavy atom. The number of aromatic nitrogens is 2. The van der Waals surface area contributed by atoms with Gasteiger partial charge in [-0.25, -0.2) is 10.4 Å². The molecule has 0 aliphatic heterocycles. The predicted molar refractivity (Wildman–Crippen MR) is 123 cm³/mol. The van der Waals surface area contributed by atoms with Crippen LogP contribution in [0.4, 0.5) is 0 Å². The van der Waals surface area contributed by atoms with Crippen LogP contribution in [0.25, 0.3) is 22.4 Å². The number of carbonyl (C=O) groups excluding carboxylic acids is 1. The van der Waals surface area contributed by atoms with Crippen molar-refractivity contribution in [3.8, 4) is 28.6 Å². The van der Waals surface area contributed by atoms with Crippen LogP contribution in [0.5, 0.6) is 17.2 Å². The lowest BCUT2D eigenvalue weighted by Crippen LogP contribution is -2.18. The number of benzene rings is 3. The molecule has 0 radical (unpaired) electrons. The maximum absolute atomic E-state index is 12.9. The zero-order chi connectivity index (χ0) is 22.5. The number of carbonyl (C=O) groups is 1. The molecule has 0 bridgehead atoms. The summed E-state index contributed by atoms with van der Waals surface area (Å²) < 4.78 is 16.0. The number of amides is 1. The van der Waals surface area contributed by atoms with E-state index in [1.165, 1.54) is 27.5 Å². The fourth-order valence-electron chi connectivity index (χ4n) is 3.37. The van der Waals surface area contributed by atoms with Gasteiger partial charge < -0.3 is 19.2 Å². The number of fused-ring (bicyclic) bond motifs is 1. The number of nitrogens with one attached hydrogen (secondary N) is 2. The smallest absolute Gasteiger partial charge is 0.272 e. The summed E-state index contributed by atoms with van der Waals surface area (Å²) in [5.41, 5.74) is 6.11. The Morgan fingerprint density at radius 2 is 1.66 bits per heavy atom. The van der Waals surface area contributed by atoms with Crippen molar-refractivity contribution >= 4 is 23.2 Å². The number of rotatable bonds is 7. The topological polar surface area (TPSA) is 97.8 Å². The van der Waals surface area contributed by atoms with E-state index in [4.69, 9.17) is 14.2 Å². The third kappa shape index (κ3) is 4.11. The van der Waals surface area contributed by atoms with Crippen LogP contribution in [0.1, 0.15) is 15.9 Å². The molecular formula is C24H22N4O4. The molecule has 0 saturated carbocycles. The fraction of sp³-hybridized carbons (Fsp3) is 0.125. The van der Waals surface area contributed by atoms with E-state index >= 15 is 0 Å². The van der Waals surface area contributed by atoms with Gasteiger partial charge in [-0.1, -0.05) is 30.3 Å². The van der Waals surface area contributed by atoms with Crippen molar-refractivity contribution in [2.75, 3.05) is 21.3 Å². The third-order valence-corrected chi connectivity index (χ3v) is 4.88. The van der Waals surface area contributed by atoms with Gasteiger partial charge in [0.25, 0.3) is 5.91 Å². The van der Waals surface area contributed by atoms with Crippen LogP contribution in [0, 0.1) is 0 Å². The van der Waals surface area contributed by atoms with Crippen molar-refractivity contribution in [3.05, 3.63) is 71.8 Å². The summed E-state index contributed by atoms with van der Waals surface area (Å²) in [5.74, 6) is 1.73. The number of H-pyrrole nitrogens is 1. The maximum atomic E-state index is 12.9. The zero-order valence-corrected chi connectivity index (χ0v) is 17.9. The SMILES string of the molecule is COc1cc(/C=N/NC(=O)c2ccccc2-c2nc3ccccc3[nH]2)cc(OC)c1OC. The van der Waals surface area contributed by atoms with E-state index in [0.717, 1.165) is 11.0 Å². The van der Waals surface area contributed by atoms with Crippen LogP contribution in [0.3, 0.4) is 0 Å². The first-order valence-corrected chi connectivity index (χ1v) is 9.82. The second-order valence-electron chi connectivity index (χ2n) is 6.81. The van der Waals surface area contributed by atoms with E-state index in [0.29, 0.717) is 39.8 Å². The van der Waals surface area contributed by atoms with Crippen LogP contribution < -0.4 is 19.6 Å². The number of ether oxygens (including phenoxy) is 3. The number of methoxy groups -OCH3 is 3. The molecule has 8 nitrogen and oxygen atoms in total. The van der Waals surface area contributed by atoms with Crippen LogP contribution in [0.2, 0.25) is 0 Å². The molecule has 0 saturated heterocycles. The molecule has 1 heterocycles. The quantitative estimate of drug-likeness (QED) is 0.341. The molecule has 4 aromatic rings. The zero-order valence-electron chi connectivity index (χ0n) is 17.9. The van der Waals surface area contributed by atoms with Gasteiger partial charge in [-0.15, -0.1) is 0 Å². The molecule has 0 aliphatic rings. The highest BCUT2D eigenvalue weighted by molar-refractivity contribution is 6.01. The molecule has 1 aromatic heterocycles. The summed E-state index contributed by atoms with van der Waals surface area (Å²) in [6.07, 6.45) is 1.51. The van der Waals surface area contributed by atoms with Crippen molar-refractivity contribution in [2.24, 2.45) is 5.10 Å². The first kappa shape index (κ1) is 20.9. The Kier molecular flexibility index (Phi) is 6.03. The average Bonchev–Trinajstić information content (AvgIpc) is 3.27. The van der Waals surface area contributed by atoms with Crippen molar-refractivity contribution in [2.45, 2.75) is 0 Å². The Morgan fingerprint density at radius 1 is 0.969 bits per heavy atom. The second kappa shape index (κ2) is 9.22. The van der Waals surface area contributed by atoms with Gasteiger partial charge in [0.2, 0.25) is 5.75 Å². The first-order chi connectivity index (χ1) is 15.6. The fourth-order valence-corrected chi connectivity index (χ4v) is 3.37. The van der Waals surface area contributed by atoms with Gasteiger partial charge in [0, 0.05) is 11.1 Å². The summed E-state index contributed by atoms with van der Waals surface area (Å²) in [6.45, 7) is 0. The number of hydrazone groups is 1. The highest BCUT2D eigenvalue weighted by atomic mass is 16.5. The number of hydrogen-bond donors (Lipinski definition) is 2. The summed E-state index contributed by atoms with van der Waals surface area (Å²) in [5, 5.41) is 4.09. The van der Waals surface area contributed by atoms with Crippen LogP contribution in [-0.4, -0.2) is 43.4 Å². The van der Waals surface area contributed by atoms with Crippen molar-refractivity contribution < 1.29 is 19.0 Å². The monoisotopic (exact) mass is 430 g/mol. The molecule has 0 unspecified atom stereocenters. The highest BCUT2D eigenvalue weighted by Crippen LogP contribution is 2.37. The van der Waals surface area contributed by atoms with Gasteiger partial charge >= 0.3 is 0 Å². The Bertz CT molecular complexity index is 1240. The van der Waals surface area contributed by atoms with E-state index in [-0.39, 0.29) is 5.91 Å². The first-order valence-electron chi connectivity index (χ1n) is 9.82. The molecule has 8 heteroatoms. The minimum atomic E-state index is -0.357. The predicted octanol–water partition coefficient (Wildman–Crippen LogP) is 4.02. The van der Waals surface area contributed by atoms with Gasteiger partial charge in [0.15, 0.2) is 11.5 Å². The van der Waals surface area contributed by atoms with Crippen molar-refractivity contribution in [1.82, 2.24) is 15.4 Å². The standard InChI is InChI=1S/C24H22N4O4/c1-30-20-12-15(13-21(31-2)22(20)32-3)14-25-28-24(29)17-9-5-4-8-16(17)23-26-18-10-6-7-11-19(18)27-23/h4-14H,1-3H3,(H,26,27)(H,28,29)/b25-14+. The molecule has 0 fully saturated rings. The minimum Gasteiger partial charge on any atom is -0.493 e. The second-order valence-corrected chi connectivity index (χ2v) is 6.81. The van der Waals surface area contributed by atoms with E-state index in [2.05, 4.69) is 20.5 Å². The van der Waals surface area contributed by atoms with Crippen LogP contribution >= 0.6 is 0 Å². The molecule has 4 rings (SSSR count). The number of imidazole rings is 1. The molecule has 162 valence electrons. The van der Waals surface area contributed by atoms with E-state index < -0.39 is 0 Å². The normalized spacial score (nSPS) is 11.0. The Labute approximate surface area is 184 Å². The van der Waals surface area contributed by atoms with E-state index in [9.17, 15) is 4.79 Å². The number of nitrogens with zero attached hydrogens (tertiary/aromatic N) is 2. The van der Waals surface area contributed by atoms with Gasteiger partial charge in [-0.3, -0.25) is 4.79 Å². The van der Waals surface area contributed by atoms with Gasteiger partial charge in [-0.05, 0) is 30.3 Å². The molecule has 0 atom stereocenters. The van der Waals surface area contributed by atoms with Crippen molar-refractivity contribution in [1.29, 1.82) is 0 Å². The average molecular weight is 430 g/mol. The highest BCUT2D eigenvalue weighted by Gasteiger charge is 2.15. The number of para-hydroxylation sites is 2. The summed E-state index contributed by atoms with van der Waals surface area (Å²) in [6, 6.07) is 18.4. The molecule has 2 N–H and O–H groups in total. The molecule has 0 spiro atoms. The van der Waals surface area contributed by atoms with Crippen molar-refractivity contribution in [3.63, 3.8) is 0 Å². The lowest BCUT2D eigenvalue weighted by atomic mass is 10.1. The Balaban J connectivity index is 1.57. The Hall–Kier alpha value is -4.33. The van der Waals surface area contributed by atoms with E-state index in [1.807, 2.05) is 36.4 Å². The maximum Gasteiger partial charge on any atom is 0.272 e. The largest absolute Gasteiger partial charge is 0.493 e. The van der Waals surface area contributed by atoms with Crippen LogP contribution in [0.15, 0.2) is 65.8 Å². The van der Waals surface area contributed by atoms with Gasteiger partial charge in [0.05, 0.1) is 44.1 Å². The summed E-state index contributed by atoms with van der Waals surface area (Å²) >= 11 is 0. The van der Waals surface area contributed by atoms with Gasteiger partial charge in [-0.2, -0.15) is 5.10 Å². The summed E-state index contributed by atoms with van der Waals surface area (Å²) in [4.78, 5) is 20.7. The van der Waals surface area contributed by atoms with Gasteiger partial charge in [0.1, 0.15) is 5.82 Å². The lowest BCUT2D eigenvalue weighted by Gasteiger charge is -2.12. The molecule has 1 amide bonds. The molecule has 32 heavy (non-hydrogen) atoms. The molecule has 0 aliphatic carbocycles. The molecule has 3 aromatic carbocycles.